The van der Waals surface area contributed by atoms with Crippen molar-refractivity contribution < 1.29 is 14.3 Å². The van der Waals surface area contributed by atoms with Crippen LogP contribution in [0.15, 0.2) is 18.3 Å². The maximum atomic E-state index is 12.5. The number of H-pyrrole nitrogens is 1. The minimum atomic E-state index is -0.0295. The first kappa shape index (κ1) is 13.7. The van der Waals surface area contributed by atoms with Gasteiger partial charge in [-0.1, -0.05) is 12.2 Å². The lowest BCUT2D eigenvalue weighted by molar-refractivity contribution is -0.0868. The molecule has 5 nitrogen and oxygen atoms in total. The van der Waals surface area contributed by atoms with Crippen LogP contribution in [0.1, 0.15) is 23.2 Å². The second-order valence-corrected chi connectivity index (χ2v) is 5.53. The van der Waals surface area contributed by atoms with Gasteiger partial charge in [-0.2, -0.15) is 0 Å². The van der Waals surface area contributed by atoms with E-state index in [4.69, 9.17) is 21.7 Å². The molecule has 2 atom stereocenters. The summed E-state index contributed by atoms with van der Waals surface area (Å²) in [6, 6.07) is 3.55. The predicted molar refractivity (Wildman–Crippen MR) is 76.2 cm³/mol. The SMILES string of the molecule is O=C(c1ccc[nH]c1=S)N1CCO[C@H]([C@H]2CCCO2)C1. The first-order valence-electron chi connectivity index (χ1n) is 6.96. The molecule has 0 aromatic carbocycles. The fourth-order valence-corrected chi connectivity index (χ4v) is 2.96. The Bertz CT molecular complexity index is 539. The van der Waals surface area contributed by atoms with E-state index in [1.54, 1.807) is 18.3 Å². The average Bonchev–Trinajstić information content (AvgIpc) is 3.01. The molecule has 0 spiro atoms. The molecule has 0 bridgehead atoms. The molecule has 20 heavy (non-hydrogen) atoms. The zero-order valence-corrected chi connectivity index (χ0v) is 12.0. The highest BCUT2D eigenvalue weighted by molar-refractivity contribution is 7.71. The largest absolute Gasteiger partial charge is 0.375 e. The fourth-order valence-electron chi connectivity index (χ4n) is 2.74. The summed E-state index contributed by atoms with van der Waals surface area (Å²) in [5.41, 5.74) is 0.551. The van der Waals surface area contributed by atoms with Gasteiger partial charge in [0.05, 0.1) is 18.3 Å². The number of rotatable bonds is 2. The van der Waals surface area contributed by atoms with Gasteiger partial charge in [0.15, 0.2) is 0 Å². The molecule has 3 rings (SSSR count). The quantitative estimate of drug-likeness (QED) is 0.845. The Balaban J connectivity index is 1.72. The van der Waals surface area contributed by atoms with Gasteiger partial charge in [-0.15, -0.1) is 0 Å². The summed E-state index contributed by atoms with van der Waals surface area (Å²) in [5, 5.41) is 0. The molecule has 6 heteroatoms. The Morgan fingerprint density at radius 3 is 2.95 bits per heavy atom. The molecule has 2 fully saturated rings. The first-order chi connectivity index (χ1) is 9.75. The molecule has 1 amide bonds. The van der Waals surface area contributed by atoms with Crippen molar-refractivity contribution in [3.63, 3.8) is 0 Å². The van der Waals surface area contributed by atoms with E-state index in [9.17, 15) is 4.79 Å². The van der Waals surface area contributed by atoms with Crippen LogP contribution in [0.4, 0.5) is 0 Å². The average molecular weight is 294 g/mol. The molecule has 1 aromatic rings. The molecule has 3 heterocycles. The molecule has 108 valence electrons. The van der Waals surface area contributed by atoms with Gasteiger partial charge in [-0.25, -0.2) is 0 Å². The molecule has 2 saturated heterocycles. The highest BCUT2D eigenvalue weighted by Crippen LogP contribution is 2.21. The lowest BCUT2D eigenvalue weighted by Gasteiger charge is -2.35. The van der Waals surface area contributed by atoms with Crippen molar-refractivity contribution in [2.75, 3.05) is 26.3 Å². The summed E-state index contributed by atoms with van der Waals surface area (Å²) in [6.07, 6.45) is 3.92. The number of nitrogens with zero attached hydrogens (tertiary/aromatic N) is 1. The maximum Gasteiger partial charge on any atom is 0.257 e. The summed E-state index contributed by atoms with van der Waals surface area (Å²) in [7, 11) is 0. The lowest BCUT2D eigenvalue weighted by Crippen LogP contribution is -2.49. The molecule has 0 aliphatic carbocycles. The highest BCUT2D eigenvalue weighted by atomic mass is 32.1. The Hall–Kier alpha value is -1.24. The third-order valence-electron chi connectivity index (χ3n) is 3.81. The number of carbonyl (C=O) groups is 1. The molecule has 1 N–H and O–H groups in total. The van der Waals surface area contributed by atoms with E-state index >= 15 is 0 Å². The van der Waals surface area contributed by atoms with Crippen molar-refractivity contribution in [1.29, 1.82) is 0 Å². The fraction of sp³-hybridized carbons (Fsp3) is 0.571. The summed E-state index contributed by atoms with van der Waals surface area (Å²) in [4.78, 5) is 17.2. The van der Waals surface area contributed by atoms with Crippen LogP contribution in [0.25, 0.3) is 0 Å². The number of amides is 1. The molecule has 0 saturated carbocycles. The summed E-state index contributed by atoms with van der Waals surface area (Å²) < 4.78 is 11.9. The number of nitrogens with one attached hydrogen (secondary N) is 1. The number of hydrogen-bond acceptors (Lipinski definition) is 4. The van der Waals surface area contributed by atoms with Crippen LogP contribution >= 0.6 is 12.2 Å². The van der Waals surface area contributed by atoms with E-state index < -0.39 is 0 Å². The predicted octanol–water partition coefficient (Wildman–Crippen LogP) is 1.76. The Morgan fingerprint density at radius 1 is 1.35 bits per heavy atom. The molecule has 0 unspecified atom stereocenters. The zero-order chi connectivity index (χ0) is 13.9. The molecule has 2 aliphatic heterocycles. The van der Waals surface area contributed by atoms with Crippen molar-refractivity contribution >= 4 is 18.1 Å². The van der Waals surface area contributed by atoms with Crippen molar-refractivity contribution in [2.45, 2.75) is 25.0 Å². The minimum absolute atomic E-state index is 0.0172. The van der Waals surface area contributed by atoms with Crippen molar-refractivity contribution in [3.8, 4) is 0 Å². The van der Waals surface area contributed by atoms with Crippen LogP contribution < -0.4 is 0 Å². The van der Waals surface area contributed by atoms with Gasteiger partial charge >= 0.3 is 0 Å². The molecular formula is C14H18N2O3S. The van der Waals surface area contributed by atoms with Gasteiger partial charge in [0.1, 0.15) is 10.7 Å². The number of morpholine rings is 1. The normalized spacial score (nSPS) is 26.7. The smallest absolute Gasteiger partial charge is 0.257 e. The van der Waals surface area contributed by atoms with Crippen LogP contribution in [0.2, 0.25) is 0 Å². The van der Waals surface area contributed by atoms with Crippen LogP contribution in [0.3, 0.4) is 0 Å². The first-order valence-corrected chi connectivity index (χ1v) is 7.37. The van der Waals surface area contributed by atoms with Gasteiger partial charge in [-0.3, -0.25) is 4.79 Å². The van der Waals surface area contributed by atoms with Crippen molar-refractivity contribution in [1.82, 2.24) is 9.88 Å². The number of carbonyl (C=O) groups excluding carboxylic acids is 1. The van der Waals surface area contributed by atoms with Gasteiger partial charge in [0.25, 0.3) is 5.91 Å². The molecule has 0 radical (unpaired) electrons. The number of aromatic nitrogens is 1. The standard InChI is InChI=1S/C14H18N2O3S/c17-14(10-3-1-5-15-13(10)20)16-6-8-19-12(9-16)11-4-2-7-18-11/h1,3,5,11-12H,2,4,6-9H2,(H,15,20)/t11-,12+/m1/s1. The van der Waals surface area contributed by atoms with Crippen LogP contribution in [-0.2, 0) is 9.47 Å². The monoisotopic (exact) mass is 294 g/mol. The molecular weight excluding hydrogens is 276 g/mol. The van der Waals surface area contributed by atoms with E-state index in [0.717, 1.165) is 19.4 Å². The number of hydrogen-bond donors (Lipinski definition) is 1. The van der Waals surface area contributed by atoms with Gasteiger partial charge in [0.2, 0.25) is 0 Å². The Kier molecular flexibility index (Phi) is 4.14. The second-order valence-electron chi connectivity index (χ2n) is 5.12. The number of aromatic amines is 1. The van der Waals surface area contributed by atoms with Crippen LogP contribution in [0, 0.1) is 4.64 Å². The summed E-state index contributed by atoms with van der Waals surface area (Å²) >= 11 is 5.18. The van der Waals surface area contributed by atoms with Crippen molar-refractivity contribution in [3.05, 3.63) is 28.5 Å². The molecule has 1 aromatic heterocycles. The summed E-state index contributed by atoms with van der Waals surface area (Å²) in [5.74, 6) is -0.0295. The van der Waals surface area contributed by atoms with Gasteiger partial charge in [-0.05, 0) is 25.0 Å². The van der Waals surface area contributed by atoms with E-state index in [0.29, 0.717) is 29.9 Å². The Morgan fingerprint density at radius 2 is 2.20 bits per heavy atom. The molecule has 2 aliphatic rings. The van der Waals surface area contributed by atoms with Crippen LogP contribution in [0.5, 0.6) is 0 Å². The lowest BCUT2D eigenvalue weighted by atomic mass is 10.1. The van der Waals surface area contributed by atoms with E-state index in [1.807, 2.05) is 4.90 Å². The Labute approximate surface area is 122 Å². The third-order valence-corrected chi connectivity index (χ3v) is 4.15. The highest BCUT2D eigenvalue weighted by Gasteiger charge is 2.33. The zero-order valence-electron chi connectivity index (χ0n) is 11.2. The van der Waals surface area contributed by atoms with Crippen molar-refractivity contribution in [2.24, 2.45) is 0 Å². The topological polar surface area (TPSA) is 54.6 Å². The minimum Gasteiger partial charge on any atom is -0.375 e. The number of ether oxygens (including phenoxy) is 2. The van der Waals surface area contributed by atoms with E-state index in [1.165, 1.54) is 0 Å². The second kappa shape index (κ2) is 6.03. The number of pyridine rings is 1. The third kappa shape index (κ3) is 2.77. The van der Waals surface area contributed by atoms with Crippen LogP contribution in [-0.4, -0.2) is 54.3 Å². The van der Waals surface area contributed by atoms with Gasteiger partial charge in [0, 0.05) is 25.9 Å². The van der Waals surface area contributed by atoms with E-state index in [2.05, 4.69) is 4.98 Å². The van der Waals surface area contributed by atoms with Gasteiger partial charge < -0.3 is 19.4 Å². The summed E-state index contributed by atoms with van der Waals surface area (Å²) in [6.45, 7) is 2.53. The van der Waals surface area contributed by atoms with E-state index in [-0.39, 0.29) is 18.1 Å². The maximum absolute atomic E-state index is 12.5.